The Bertz CT molecular complexity index is 417. The second-order valence-electron chi connectivity index (χ2n) is 4.11. The van der Waals surface area contributed by atoms with Gasteiger partial charge < -0.3 is 10.8 Å². The van der Waals surface area contributed by atoms with Gasteiger partial charge in [0.05, 0.1) is 6.54 Å². The minimum atomic E-state index is -0.922. The molecule has 0 atom stereocenters. The standard InChI is InChI=1S/C12H18N2O3S/c1-2-3-5-14(8-10(13)15)7-9-4-6-18-11(9)12(16)17/h4,6H,2-3,5,7-8H2,1H3,(H2,13,15)(H,16,17). The van der Waals surface area contributed by atoms with Gasteiger partial charge in [0.25, 0.3) is 0 Å². The van der Waals surface area contributed by atoms with Crippen LogP contribution in [0.2, 0.25) is 0 Å². The molecule has 1 heterocycles. The van der Waals surface area contributed by atoms with E-state index in [0.29, 0.717) is 11.4 Å². The summed E-state index contributed by atoms with van der Waals surface area (Å²) in [6.07, 6.45) is 1.98. The molecule has 0 spiro atoms. The zero-order chi connectivity index (χ0) is 13.5. The number of primary amides is 1. The monoisotopic (exact) mass is 270 g/mol. The van der Waals surface area contributed by atoms with Crippen LogP contribution in [0, 0.1) is 0 Å². The normalized spacial score (nSPS) is 10.8. The highest BCUT2D eigenvalue weighted by Crippen LogP contribution is 2.18. The number of carboxylic acid groups (broad SMARTS) is 1. The lowest BCUT2D eigenvalue weighted by Crippen LogP contribution is -2.34. The second-order valence-corrected chi connectivity index (χ2v) is 5.03. The van der Waals surface area contributed by atoms with Gasteiger partial charge in [-0.05, 0) is 30.0 Å². The summed E-state index contributed by atoms with van der Waals surface area (Å²) in [7, 11) is 0. The van der Waals surface area contributed by atoms with Crippen molar-refractivity contribution in [3.05, 3.63) is 21.9 Å². The SMILES string of the molecule is CCCCN(CC(N)=O)Cc1ccsc1C(=O)O. The van der Waals surface area contributed by atoms with Crippen LogP contribution < -0.4 is 5.73 Å². The molecule has 0 aromatic carbocycles. The number of nitrogens with zero attached hydrogens (tertiary/aromatic N) is 1. The molecule has 6 heteroatoms. The minimum absolute atomic E-state index is 0.162. The maximum absolute atomic E-state index is 11.0. The van der Waals surface area contributed by atoms with E-state index in [4.69, 9.17) is 10.8 Å². The molecular weight excluding hydrogens is 252 g/mol. The van der Waals surface area contributed by atoms with Crippen molar-refractivity contribution in [1.29, 1.82) is 0 Å². The number of carbonyl (C=O) groups excluding carboxylic acids is 1. The topological polar surface area (TPSA) is 83.6 Å². The number of amides is 1. The molecule has 0 aliphatic heterocycles. The van der Waals surface area contributed by atoms with Crippen LogP contribution in [-0.2, 0) is 11.3 Å². The number of unbranched alkanes of at least 4 members (excludes halogenated alkanes) is 1. The van der Waals surface area contributed by atoms with Crippen LogP contribution in [0.3, 0.4) is 0 Å². The first-order valence-corrected chi connectivity index (χ1v) is 6.72. The van der Waals surface area contributed by atoms with Gasteiger partial charge in [0.2, 0.25) is 5.91 Å². The molecule has 0 saturated heterocycles. The molecule has 0 radical (unpaired) electrons. The summed E-state index contributed by atoms with van der Waals surface area (Å²) in [5.41, 5.74) is 5.94. The predicted molar refractivity (Wildman–Crippen MR) is 70.7 cm³/mol. The lowest BCUT2D eigenvalue weighted by atomic mass is 10.2. The van der Waals surface area contributed by atoms with Crippen LogP contribution in [0.15, 0.2) is 11.4 Å². The predicted octanol–water partition coefficient (Wildman–Crippen LogP) is 1.53. The molecule has 1 aromatic heterocycles. The molecular formula is C12H18N2O3S. The number of aromatic carboxylic acids is 1. The molecule has 100 valence electrons. The second kappa shape index (κ2) is 7.13. The van der Waals surface area contributed by atoms with Crippen molar-refractivity contribution in [2.45, 2.75) is 26.3 Å². The van der Waals surface area contributed by atoms with Gasteiger partial charge in [-0.3, -0.25) is 9.69 Å². The first-order chi connectivity index (χ1) is 8.54. The number of hydrogen-bond acceptors (Lipinski definition) is 4. The summed E-state index contributed by atoms with van der Waals surface area (Å²) in [6.45, 7) is 3.42. The highest BCUT2D eigenvalue weighted by atomic mass is 32.1. The fourth-order valence-electron chi connectivity index (χ4n) is 1.70. The van der Waals surface area contributed by atoms with E-state index in [2.05, 4.69) is 6.92 Å². The van der Waals surface area contributed by atoms with Crippen molar-refractivity contribution < 1.29 is 14.7 Å². The zero-order valence-corrected chi connectivity index (χ0v) is 11.2. The summed E-state index contributed by atoms with van der Waals surface area (Å²) >= 11 is 1.20. The Morgan fingerprint density at radius 2 is 2.22 bits per heavy atom. The Balaban J connectivity index is 2.71. The average molecular weight is 270 g/mol. The third-order valence-electron chi connectivity index (χ3n) is 2.54. The van der Waals surface area contributed by atoms with Gasteiger partial charge in [-0.15, -0.1) is 11.3 Å². The van der Waals surface area contributed by atoms with Crippen LogP contribution in [0.25, 0.3) is 0 Å². The van der Waals surface area contributed by atoms with E-state index >= 15 is 0 Å². The van der Waals surface area contributed by atoms with Gasteiger partial charge >= 0.3 is 5.97 Å². The summed E-state index contributed by atoms with van der Waals surface area (Å²) in [5, 5.41) is 10.8. The molecule has 0 unspecified atom stereocenters. The van der Waals surface area contributed by atoms with Gasteiger partial charge in [-0.25, -0.2) is 4.79 Å². The van der Waals surface area contributed by atoms with E-state index in [1.807, 2.05) is 4.90 Å². The largest absolute Gasteiger partial charge is 0.477 e. The quantitative estimate of drug-likeness (QED) is 0.750. The van der Waals surface area contributed by atoms with E-state index in [9.17, 15) is 9.59 Å². The van der Waals surface area contributed by atoms with Crippen molar-refractivity contribution >= 4 is 23.2 Å². The minimum Gasteiger partial charge on any atom is -0.477 e. The molecule has 1 rings (SSSR count). The van der Waals surface area contributed by atoms with Crippen LogP contribution in [0.5, 0.6) is 0 Å². The number of hydrogen-bond donors (Lipinski definition) is 2. The van der Waals surface area contributed by atoms with Crippen molar-refractivity contribution in [3.63, 3.8) is 0 Å². The average Bonchev–Trinajstić information content (AvgIpc) is 2.73. The van der Waals surface area contributed by atoms with Crippen LogP contribution >= 0.6 is 11.3 Å². The van der Waals surface area contributed by atoms with Gasteiger partial charge in [-0.2, -0.15) is 0 Å². The van der Waals surface area contributed by atoms with Crippen molar-refractivity contribution in [1.82, 2.24) is 4.90 Å². The number of carboxylic acids is 1. The highest BCUT2D eigenvalue weighted by molar-refractivity contribution is 7.12. The molecule has 5 nitrogen and oxygen atoms in total. The molecule has 18 heavy (non-hydrogen) atoms. The van der Waals surface area contributed by atoms with E-state index in [-0.39, 0.29) is 6.54 Å². The number of carbonyl (C=O) groups is 2. The Morgan fingerprint density at radius 3 is 2.78 bits per heavy atom. The van der Waals surface area contributed by atoms with E-state index in [1.165, 1.54) is 11.3 Å². The molecule has 1 aromatic rings. The Morgan fingerprint density at radius 1 is 1.50 bits per heavy atom. The Kier molecular flexibility index (Phi) is 5.80. The fourth-order valence-corrected chi connectivity index (χ4v) is 2.46. The number of rotatable bonds is 8. The fraction of sp³-hybridized carbons (Fsp3) is 0.500. The van der Waals surface area contributed by atoms with E-state index in [0.717, 1.165) is 24.9 Å². The molecule has 0 aliphatic carbocycles. The van der Waals surface area contributed by atoms with Gasteiger partial charge in [0.1, 0.15) is 4.88 Å². The summed E-state index contributed by atoms with van der Waals surface area (Å²) in [5.74, 6) is -1.31. The molecule has 1 amide bonds. The van der Waals surface area contributed by atoms with Crippen LogP contribution in [0.1, 0.15) is 35.0 Å². The summed E-state index contributed by atoms with van der Waals surface area (Å²) in [6, 6.07) is 1.79. The number of nitrogens with two attached hydrogens (primary N) is 1. The van der Waals surface area contributed by atoms with Crippen LogP contribution in [-0.4, -0.2) is 35.0 Å². The lowest BCUT2D eigenvalue weighted by Gasteiger charge is -2.20. The lowest BCUT2D eigenvalue weighted by molar-refractivity contribution is -0.119. The highest BCUT2D eigenvalue weighted by Gasteiger charge is 2.15. The third-order valence-corrected chi connectivity index (χ3v) is 3.49. The molecule has 0 saturated carbocycles. The Hall–Kier alpha value is -1.40. The van der Waals surface area contributed by atoms with E-state index < -0.39 is 11.9 Å². The smallest absolute Gasteiger partial charge is 0.346 e. The zero-order valence-electron chi connectivity index (χ0n) is 10.4. The first-order valence-electron chi connectivity index (χ1n) is 5.85. The molecule has 0 aliphatic rings. The molecule has 0 bridgehead atoms. The maximum Gasteiger partial charge on any atom is 0.346 e. The van der Waals surface area contributed by atoms with E-state index in [1.54, 1.807) is 11.4 Å². The van der Waals surface area contributed by atoms with Crippen LogP contribution in [0.4, 0.5) is 0 Å². The Labute approximate surface area is 110 Å². The number of thiophene rings is 1. The maximum atomic E-state index is 11.0. The van der Waals surface area contributed by atoms with Gasteiger partial charge in [0.15, 0.2) is 0 Å². The molecule has 3 N–H and O–H groups in total. The van der Waals surface area contributed by atoms with Gasteiger partial charge in [0, 0.05) is 6.54 Å². The van der Waals surface area contributed by atoms with Crippen molar-refractivity contribution in [2.75, 3.05) is 13.1 Å². The summed E-state index contributed by atoms with van der Waals surface area (Å²) < 4.78 is 0. The van der Waals surface area contributed by atoms with Gasteiger partial charge in [-0.1, -0.05) is 13.3 Å². The van der Waals surface area contributed by atoms with Crippen molar-refractivity contribution in [2.24, 2.45) is 5.73 Å². The molecule has 0 fully saturated rings. The summed E-state index contributed by atoms with van der Waals surface area (Å²) in [4.78, 5) is 24.2. The third kappa shape index (κ3) is 4.46. The first kappa shape index (κ1) is 14.7. The van der Waals surface area contributed by atoms with Crippen molar-refractivity contribution in [3.8, 4) is 0 Å².